The average molecular weight is 434 g/mol. The first-order valence-corrected chi connectivity index (χ1v) is 9.61. The summed E-state index contributed by atoms with van der Waals surface area (Å²) in [6.45, 7) is 4.25. The van der Waals surface area contributed by atoms with Gasteiger partial charge in [-0.3, -0.25) is 9.48 Å². The molecule has 0 aliphatic heterocycles. The molecule has 1 N–H and O–H groups in total. The summed E-state index contributed by atoms with van der Waals surface area (Å²) in [6.07, 6.45) is 0. The molecule has 0 saturated carbocycles. The summed E-state index contributed by atoms with van der Waals surface area (Å²) >= 11 is 12.2. The largest absolute Gasteiger partial charge is 0.493 e. The lowest BCUT2D eigenvalue weighted by Gasteiger charge is -2.11. The third kappa shape index (κ3) is 4.33. The van der Waals surface area contributed by atoms with E-state index in [9.17, 15) is 4.79 Å². The second kappa shape index (κ2) is 8.76. The van der Waals surface area contributed by atoms with Crippen LogP contribution in [0.4, 0.5) is 5.69 Å². The van der Waals surface area contributed by atoms with Gasteiger partial charge in [0.25, 0.3) is 5.91 Å². The first-order chi connectivity index (χ1) is 13.8. The van der Waals surface area contributed by atoms with Gasteiger partial charge in [0.15, 0.2) is 11.5 Å². The number of aryl methyl sites for hydroxylation is 1. The maximum atomic E-state index is 12.7. The third-order valence-electron chi connectivity index (χ3n) is 4.60. The number of anilines is 1. The fraction of sp³-hybridized carbons (Fsp3) is 0.238. The standard InChI is InChI=1S/C21H21Cl2N3O3/c1-12-20(24-21(27)15-6-5-7-16(22)19(15)23)13(2)26(25-12)11-14-8-9-17(28-3)18(10-14)29-4/h5-10H,11H2,1-4H3,(H,24,27). The molecule has 0 spiro atoms. The lowest BCUT2D eigenvalue weighted by atomic mass is 10.2. The fourth-order valence-corrected chi connectivity index (χ4v) is 3.43. The average Bonchev–Trinajstić information content (AvgIpc) is 2.97. The highest BCUT2D eigenvalue weighted by molar-refractivity contribution is 6.44. The Morgan fingerprint density at radius 3 is 2.52 bits per heavy atom. The van der Waals surface area contributed by atoms with Crippen LogP contribution in [0.25, 0.3) is 0 Å². The van der Waals surface area contributed by atoms with Crippen LogP contribution in [0.3, 0.4) is 0 Å². The number of hydrogen-bond acceptors (Lipinski definition) is 4. The highest BCUT2D eigenvalue weighted by atomic mass is 35.5. The fourth-order valence-electron chi connectivity index (χ4n) is 3.04. The van der Waals surface area contributed by atoms with Gasteiger partial charge in [-0.05, 0) is 43.7 Å². The van der Waals surface area contributed by atoms with E-state index in [0.717, 1.165) is 11.3 Å². The number of nitrogens with zero attached hydrogens (tertiary/aromatic N) is 2. The predicted octanol–water partition coefficient (Wildman–Crippen LogP) is 5.12. The van der Waals surface area contributed by atoms with Crippen LogP contribution in [-0.2, 0) is 6.54 Å². The van der Waals surface area contributed by atoms with E-state index in [1.165, 1.54) is 0 Å². The van der Waals surface area contributed by atoms with Gasteiger partial charge in [0.05, 0.1) is 53.4 Å². The summed E-state index contributed by atoms with van der Waals surface area (Å²) < 4.78 is 12.5. The monoisotopic (exact) mass is 433 g/mol. The quantitative estimate of drug-likeness (QED) is 0.585. The van der Waals surface area contributed by atoms with Crippen molar-refractivity contribution >= 4 is 34.8 Å². The number of amides is 1. The molecule has 8 heteroatoms. The number of rotatable bonds is 6. The number of nitrogens with one attached hydrogen (secondary N) is 1. The molecule has 152 valence electrons. The van der Waals surface area contributed by atoms with Gasteiger partial charge in [0, 0.05) is 0 Å². The SMILES string of the molecule is COc1ccc(Cn2nc(C)c(NC(=O)c3cccc(Cl)c3Cl)c2C)cc1OC. The molecule has 3 aromatic rings. The van der Waals surface area contributed by atoms with E-state index in [2.05, 4.69) is 10.4 Å². The lowest BCUT2D eigenvalue weighted by Crippen LogP contribution is -2.14. The second-order valence-corrected chi connectivity index (χ2v) is 7.23. The van der Waals surface area contributed by atoms with Crippen LogP contribution in [0.1, 0.15) is 27.3 Å². The zero-order valence-corrected chi connectivity index (χ0v) is 18.1. The number of carbonyl (C=O) groups is 1. The molecular weight excluding hydrogens is 413 g/mol. The predicted molar refractivity (Wildman–Crippen MR) is 115 cm³/mol. The van der Waals surface area contributed by atoms with Crippen molar-refractivity contribution in [1.82, 2.24) is 9.78 Å². The summed E-state index contributed by atoms with van der Waals surface area (Å²) in [6, 6.07) is 10.6. The van der Waals surface area contributed by atoms with Crippen LogP contribution in [0.2, 0.25) is 10.0 Å². The number of hydrogen-bond donors (Lipinski definition) is 1. The van der Waals surface area contributed by atoms with Gasteiger partial charge in [-0.2, -0.15) is 5.10 Å². The Kier molecular flexibility index (Phi) is 6.35. The lowest BCUT2D eigenvalue weighted by molar-refractivity contribution is 0.102. The Bertz CT molecular complexity index is 1060. The topological polar surface area (TPSA) is 65.4 Å². The van der Waals surface area contributed by atoms with Crippen molar-refractivity contribution in [2.75, 3.05) is 19.5 Å². The maximum Gasteiger partial charge on any atom is 0.257 e. The number of aromatic nitrogens is 2. The maximum absolute atomic E-state index is 12.7. The smallest absolute Gasteiger partial charge is 0.257 e. The zero-order chi connectivity index (χ0) is 21.1. The van der Waals surface area contributed by atoms with E-state index < -0.39 is 0 Å². The summed E-state index contributed by atoms with van der Waals surface area (Å²) in [5.74, 6) is 0.973. The third-order valence-corrected chi connectivity index (χ3v) is 5.42. The van der Waals surface area contributed by atoms with E-state index in [-0.39, 0.29) is 10.9 Å². The molecule has 3 rings (SSSR count). The highest BCUT2D eigenvalue weighted by Gasteiger charge is 2.18. The van der Waals surface area contributed by atoms with Crippen molar-refractivity contribution in [3.63, 3.8) is 0 Å². The summed E-state index contributed by atoms with van der Waals surface area (Å²) in [4.78, 5) is 12.7. The summed E-state index contributed by atoms with van der Waals surface area (Å²) in [7, 11) is 3.19. The van der Waals surface area contributed by atoms with Crippen LogP contribution >= 0.6 is 23.2 Å². The van der Waals surface area contributed by atoms with Crippen molar-refractivity contribution in [2.45, 2.75) is 20.4 Å². The van der Waals surface area contributed by atoms with Gasteiger partial charge >= 0.3 is 0 Å². The molecule has 1 heterocycles. The molecule has 0 unspecified atom stereocenters. The molecule has 0 aliphatic rings. The minimum atomic E-state index is -0.339. The summed E-state index contributed by atoms with van der Waals surface area (Å²) in [5.41, 5.74) is 3.47. The van der Waals surface area contributed by atoms with E-state index in [0.29, 0.717) is 40.0 Å². The Morgan fingerprint density at radius 1 is 1.10 bits per heavy atom. The first kappa shape index (κ1) is 21.0. The molecule has 2 aromatic carbocycles. The van der Waals surface area contributed by atoms with E-state index in [4.69, 9.17) is 32.7 Å². The molecule has 0 atom stereocenters. The van der Waals surface area contributed by atoms with Gasteiger partial charge in [-0.15, -0.1) is 0 Å². The number of benzene rings is 2. The Hall–Kier alpha value is -2.70. The molecule has 0 radical (unpaired) electrons. The van der Waals surface area contributed by atoms with Crippen molar-refractivity contribution in [1.29, 1.82) is 0 Å². The van der Waals surface area contributed by atoms with E-state index in [1.54, 1.807) is 32.4 Å². The van der Waals surface area contributed by atoms with Crippen molar-refractivity contribution < 1.29 is 14.3 Å². The molecular formula is C21H21Cl2N3O3. The molecule has 0 bridgehead atoms. The summed E-state index contributed by atoms with van der Waals surface area (Å²) in [5, 5.41) is 8.01. The number of halogens is 2. The van der Waals surface area contributed by atoms with Gasteiger partial charge in [0.1, 0.15) is 0 Å². The molecule has 0 aliphatic carbocycles. The van der Waals surface area contributed by atoms with Gasteiger partial charge in [0.2, 0.25) is 0 Å². The second-order valence-electron chi connectivity index (χ2n) is 6.45. The van der Waals surface area contributed by atoms with Crippen LogP contribution in [-0.4, -0.2) is 29.9 Å². The van der Waals surface area contributed by atoms with E-state index in [1.807, 2.05) is 36.7 Å². The number of methoxy groups -OCH3 is 2. The van der Waals surface area contributed by atoms with Crippen molar-refractivity contribution in [3.8, 4) is 11.5 Å². The van der Waals surface area contributed by atoms with Crippen LogP contribution < -0.4 is 14.8 Å². The Balaban J connectivity index is 1.85. The van der Waals surface area contributed by atoms with Crippen molar-refractivity contribution in [2.24, 2.45) is 0 Å². The minimum Gasteiger partial charge on any atom is -0.493 e. The van der Waals surface area contributed by atoms with Gasteiger partial charge in [-0.25, -0.2) is 0 Å². The van der Waals surface area contributed by atoms with Crippen LogP contribution in [0.5, 0.6) is 11.5 Å². The van der Waals surface area contributed by atoms with Crippen molar-refractivity contribution in [3.05, 3.63) is 69.0 Å². The normalized spacial score (nSPS) is 10.7. The Labute approximate surface area is 179 Å². The van der Waals surface area contributed by atoms with E-state index >= 15 is 0 Å². The molecule has 1 aromatic heterocycles. The Morgan fingerprint density at radius 2 is 1.83 bits per heavy atom. The zero-order valence-electron chi connectivity index (χ0n) is 16.5. The number of carbonyl (C=O) groups excluding carboxylic acids is 1. The van der Waals surface area contributed by atoms with Crippen LogP contribution in [0, 0.1) is 13.8 Å². The molecule has 6 nitrogen and oxygen atoms in total. The molecule has 0 saturated heterocycles. The highest BCUT2D eigenvalue weighted by Crippen LogP contribution is 2.30. The molecule has 0 fully saturated rings. The number of ether oxygens (including phenoxy) is 2. The minimum absolute atomic E-state index is 0.222. The van der Waals surface area contributed by atoms with Gasteiger partial charge < -0.3 is 14.8 Å². The van der Waals surface area contributed by atoms with Crippen LogP contribution in [0.15, 0.2) is 36.4 Å². The first-order valence-electron chi connectivity index (χ1n) is 8.86. The van der Waals surface area contributed by atoms with Gasteiger partial charge in [-0.1, -0.05) is 35.3 Å². The molecule has 29 heavy (non-hydrogen) atoms. The molecule has 1 amide bonds.